The zero-order valence-corrected chi connectivity index (χ0v) is 31.6. The van der Waals surface area contributed by atoms with Crippen molar-refractivity contribution in [2.45, 2.75) is 71.5 Å². The molecule has 0 radical (unpaired) electrons. The van der Waals surface area contributed by atoms with Gasteiger partial charge in [-0.3, -0.25) is 24.6 Å². The fourth-order valence-corrected chi connectivity index (χ4v) is 8.51. The molecule has 2 saturated heterocycles. The molecule has 3 aromatic carbocycles. The fraction of sp³-hybridized carbons (Fsp3) is 0.405. The van der Waals surface area contributed by atoms with Crippen LogP contribution < -0.4 is 25.8 Å². The first kappa shape index (κ1) is 36.7. The van der Waals surface area contributed by atoms with Gasteiger partial charge in [-0.05, 0) is 110 Å². The van der Waals surface area contributed by atoms with E-state index in [-0.39, 0.29) is 29.6 Å². The number of methoxy groups -OCH3 is 1. The highest BCUT2D eigenvalue weighted by Gasteiger charge is 2.28. The minimum atomic E-state index is -0.547. The van der Waals surface area contributed by atoms with E-state index in [0.717, 1.165) is 85.4 Å². The number of aromatic nitrogens is 1. The standard InChI is InChI=1S/C42H47ClFN5O4/c1-25-26(2)42(52)47(3)23-33(25)30-19-35(43)34(39(20-30)53-4)24-48-15-14-32-28(6-5-7-29(32)22-48)18-27-12-16-49(17-13-27)38-10-8-31(21-36(38)44)45-37-9-11-40(50)46-41(37)51/h5-8,10,19-21,23,27,37,45H,9,11-18,22,24H2,1-4H3,(H,46,50,51)/t37-/m0/s1. The molecule has 0 saturated carbocycles. The van der Waals surface area contributed by atoms with Gasteiger partial charge in [0.05, 0.1) is 12.8 Å². The molecule has 2 N–H and O–H groups in total. The summed E-state index contributed by atoms with van der Waals surface area (Å²) in [7, 11) is 3.45. The molecule has 1 atom stereocenters. The Kier molecular flexibility index (Phi) is 10.6. The summed E-state index contributed by atoms with van der Waals surface area (Å²) in [5.74, 6) is 0.302. The zero-order valence-electron chi connectivity index (χ0n) is 30.9. The fourth-order valence-electron chi connectivity index (χ4n) is 8.24. The lowest BCUT2D eigenvalue weighted by Gasteiger charge is -2.35. The summed E-state index contributed by atoms with van der Waals surface area (Å²) < 4.78 is 22.8. The molecule has 0 spiro atoms. The molecular weight excluding hydrogens is 693 g/mol. The predicted molar refractivity (Wildman–Crippen MR) is 207 cm³/mol. The molecule has 278 valence electrons. The number of rotatable bonds is 9. The summed E-state index contributed by atoms with van der Waals surface area (Å²) in [6.07, 6.45) is 6.47. The van der Waals surface area contributed by atoms with Crippen molar-refractivity contribution in [2.24, 2.45) is 13.0 Å². The lowest BCUT2D eigenvalue weighted by Crippen LogP contribution is -2.47. The van der Waals surface area contributed by atoms with Crippen molar-refractivity contribution in [1.82, 2.24) is 14.8 Å². The number of fused-ring (bicyclic) bond motifs is 1. The van der Waals surface area contributed by atoms with Crippen molar-refractivity contribution < 1.29 is 18.7 Å². The molecule has 2 amide bonds. The smallest absolute Gasteiger partial charge is 0.253 e. The molecule has 1 aromatic heterocycles. The number of pyridine rings is 1. The number of nitrogens with zero attached hydrogens (tertiary/aromatic N) is 3. The van der Waals surface area contributed by atoms with Crippen molar-refractivity contribution >= 4 is 34.8 Å². The van der Waals surface area contributed by atoms with Gasteiger partial charge in [0.1, 0.15) is 17.6 Å². The number of benzene rings is 3. The number of halogens is 2. The van der Waals surface area contributed by atoms with Crippen LogP contribution in [0, 0.1) is 25.6 Å². The van der Waals surface area contributed by atoms with Gasteiger partial charge in [0, 0.05) is 79.8 Å². The lowest BCUT2D eigenvalue weighted by molar-refractivity contribution is -0.133. The Bertz CT molecular complexity index is 2130. The van der Waals surface area contributed by atoms with Crippen molar-refractivity contribution in [3.05, 3.63) is 109 Å². The first-order valence-corrected chi connectivity index (χ1v) is 18.9. The third-order valence-electron chi connectivity index (χ3n) is 11.4. The molecule has 4 aromatic rings. The first-order valence-electron chi connectivity index (χ1n) is 18.5. The lowest BCUT2D eigenvalue weighted by atomic mass is 9.85. The van der Waals surface area contributed by atoms with E-state index in [1.165, 1.54) is 22.8 Å². The molecule has 3 aliphatic heterocycles. The van der Waals surface area contributed by atoms with Crippen LogP contribution in [0.5, 0.6) is 5.75 Å². The Labute approximate surface area is 315 Å². The normalized spacial score (nSPS) is 18.2. The summed E-state index contributed by atoms with van der Waals surface area (Å²) in [6.45, 7) is 7.80. The van der Waals surface area contributed by atoms with Crippen LogP contribution in [0.25, 0.3) is 11.1 Å². The van der Waals surface area contributed by atoms with E-state index in [0.29, 0.717) is 35.3 Å². The van der Waals surface area contributed by atoms with E-state index in [1.54, 1.807) is 24.8 Å². The number of piperidine rings is 2. The number of aryl methyl sites for hydroxylation is 1. The number of hydrogen-bond acceptors (Lipinski definition) is 7. The number of amides is 2. The molecule has 0 bridgehead atoms. The minimum absolute atomic E-state index is 0.00109. The number of nitrogens with one attached hydrogen (secondary N) is 2. The van der Waals surface area contributed by atoms with Crippen LogP contribution in [0.4, 0.5) is 15.8 Å². The topological polar surface area (TPSA) is 95.9 Å². The van der Waals surface area contributed by atoms with Crippen molar-refractivity contribution in [3.8, 4) is 16.9 Å². The maximum atomic E-state index is 15.3. The zero-order chi connectivity index (χ0) is 37.4. The third kappa shape index (κ3) is 7.71. The number of carbonyl (C=O) groups is 2. The summed E-state index contributed by atoms with van der Waals surface area (Å²) in [4.78, 5) is 40.6. The van der Waals surface area contributed by atoms with Crippen molar-refractivity contribution in [3.63, 3.8) is 0 Å². The van der Waals surface area contributed by atoms with E-state index >= 15 is 4.39 Å². The quantitative estimate of drug-likeness (QED) is 0.185. The van der Waals surface area contributed by atoms with Gasteiger partial charge < -0.3 is 19.5 Å². The van der Waals surface area contributed by atoms with Crippen LogP contribution >= 0.6 is 11.6 Å². The third-order valence-corrected chi connectivity index (χ3v) is 11.8. The molecule has 0 unspecified atom stereocenters. The van der Waals surface area contributed by atoms with Gasteiger partial charge in [-0.15, -0.1) is 0 Å². The highest BCUT2D eigenvalue weighted by molar-refractivity contribution is 6.32. The van der Waals surface area contributed by atoms with Gasteiger partial charge in [0.25, 0.3) is 5.56 Å². The van der Waals surface area contributed by atoms with E-state index in [9.17, 15) is 14.4 Å². The second-order valence-corrected chi connectivity index (χ2v) is 15.2. The highest BCUT2D eigenvalue weighted by atomic mass is 35.5. The summed E-state index contributed by atoms with van der Waals surface area (Å²) in [5, 5.41) is 6.05. The Morgan fingerprint density at radius 3 is 2.51 bits per heavy atom. The second-order valence-electron chi connectivity index (χ2n) is 14.8. The monoisotopic (exact) mass is 739 g/mol. The average molecular weight is 740 g/mol. The molecule has 2 fully saturated rings. The molecule has 0 aliphatic carbocycles. The number of anilines is 2. The van der Waals surface area contributed by atoms with E-state index in [2.05, 4.69) is 38.6 Å². The van der Waals surface area contributed by atoms with Gasteiger partial charge in [-0.2, -0.15) is 0 Å². The Hall–Kier alpha value is -4.67. The van der Waals surface area contributed by atoms with E-state index < -0.39 is 6.04 Å². The number of imide groups is 1. The maximum absolute atomic E-state index is 15.3. The second kappa shape index (κ2) is 15.4. The van der Waals surface area contributed by atoms with Crippen LogP contribution in [0.2, 0.25) is 5.02 Å². The van der Waals surface area contributed by atoms with E-state index in [1.807, 2.05) is 38.2 Å². The molecule has 53 heavy (non-hydrogen) atoms. The SMILES string of the molecule is COc1cc(-c2cn(C)c(=O)c(C)c2C)cc(Cl)c1CN1CCc2c(CC3CCN(c4ccc(N[C@H]5CCC(=O)NC5=O)cc4F)CC3)cccc2C1. The van der Waals surface area contributed by atoms with Crippen molar-refractivity contribution in [1.29, 1.82) is 0 Å². The first-order chi connectivity index (χ1) is 25.5. The van der Waals surface area contributed by atoms with E-state index in [4.69, 9.17) is 16.3 Å². The molecule has 7 rings (SSSR count). The van der Waals surface area contributed by atoms with Crippen molar-refractivity contribution in [2.75, 3.05) is 37.0 Å². The number of ether oxygens (including phenoxy) is 1. The average Bonchev–Trinajstić information content (AvgIpc) is 3.14. The predicted octanol–water partition coefficient (Wildman–Crippen LogP) is 6.70. The van der Waals surface area contributed by atoms with Crippen LogP contribution in [0.3, 0.4) is 0 Å². The Balaban J connectivity index is 0.971. The van der Waals surface area contributed by atoms with Gasteiger partial charge in [-0.1, -0.05) is 29.8 Å². The van der Waals surface area contributed by atoms with Gasteiger partial charge in [-0.25, -0.2) is 4.39 Å². The molecule has 11 heteroatoms. The summed E-state index contributed by atoms with van der Waals surface area (Å²) >= 11 is 6.96. The molecular formula is C42H47ClFN5O4. The Morgan fingerprint density at radius 1 is 0.981 bits per heavy atom. The summed E-state index contributed by atoms with van der Waals surface area (Å²) in [6, 6.07) is 15.2. The van der Waals surface area contributed by atoms with Crippen LogP contribution in [-0.2, 0) is 42.6 Å². The Morgan fingerprint density at radius 2 is 1.77 bits per heavy atom. The maximum Gasteiger partial charge on any atom is 0.253 e. The molecule has 3 aliphatic rings. The van der Waals surface area contributed by atoms with Crippen LogP contribution in [0.15, 0.2) is 59.5 Å². The van der Waals surface area contributed by atoms with Gasteiger partial charge in [0.15, 0.2) is 0 Å². The molecule has 4 heterocycles. The van der Waals surface area contributed by atoms with Gasteiger partial charge in [0.2, 0.25) is 11.8 Å². The van der Waals surface area contributed by atoms with Gasteiger partial charge >= 0.3 is 0 Å². The highest BCUT2D eigenvalue weighted by Crippen LogP contribution is 2.37. The summed E-state index contributed by atoms with van der Waals surface area (Å²) in [5.41, 5.74) is 9.84. The minimum Gasteiger partial charge on any atom is -0.496 e. The number of carbonyl (C=O) groups excluding carboxylic acids is 2. The van der Waals surface area contributed by atoms with Crippen LogP contribution in [0.1, 0.15) is 59.1 Å². The molecule has 9 nitrogen and oxygen atoms in total. The number of hydrogen-bond donors (Lipinski definition) is 2. The van der Waals surface area contributed by atoms with Crippen LogP contribution in [-0.4, -0.2) is 54.1 Å². The largest absolute Gasteiger partial charge is 0.496 e.